The molecular formula is C18H24N2O. The van der Waals surface area contributed by atoms with E-state index in [1.54, 1.807) is 0 Å². The molecule has 2 aromatic carbocycles. The lowest BCUT2D eigenvalue weighted by Gasteiger charge is -2.11. The number of nitrogen functional groups attached to an aromatic ring is 1. The van der Waals surface area contributed by atoms with Crippen molar-refractivity contribution in [3.63, 3.8) is 0 Å². The Kier molecular flexibility index (Phi) is 5.50. The summed E-state index contributed by atoms with van der Waals surface area (Å²) in [5.74, 6) is 0.829. The summed E-state index contributed by atoms with van der Waals surface area (Å²) < 4.78 is 5.64. The minimum Gasteiger partial charge on any atom is -0.493 e. The lowest BCUT2D eigenvalue weighted by Crippen LogP contribution is -2.06. The number of anilines is 2. The van der Waals surface area contributed by atoms with Crippen LogP contribution in [0.15, 0.2) is 42.5 Å². The Morgan fingerprint density at radius 1 is 1.14 bits per heavy atom. The van der Waals surface area contributed by atoms with Crippen LogP contribution in [-0.4, -0.2) is 13.2 Å². The molecule has 0 bridgehead atoms. The van der Waals surface area contributed by atoms with Gasteiger partial charge < -0.3 is 15.8 Å². The molecule has 0 spiro atoms. The van der Waals surface area contributed by atoms with Crippen molar-refractivity contribution in [2.75, 3.05) is 24.2 Å². The molecule has 2 rings (SSSR count). The van der Waals surface area contributed by atoms with E-state index in [0.29, 0.717) is 6.61 Å². The van der Waals surface area contributed by atoms with Crippen LogP contribution in [-0.2, 0) is 6.42 Å². The molecule has 0 amide bonds. The van der Waals surface area contributed by atoms with Gasteiger partial charge in [0.25, 0.3) is 0 Å². The quantitative estimate of drug-likeness (QED) is 0.755. The second-order valence-electron chi connectivity index (χ2n) is 5.24. The Bertz CT molecular complexity index is 581. The van der Waals surface area contributed by atoms with E-state index in [0.717, 1.165) is 36.5 Å². The van der Waals surface area contributed by atoms with Crippen LogP contribution in [0.5, 0.6) is 5.75 Å². The van der Waals surface area contributed by atoms with Crippen molar-refractivity contribution in [2.45, 2.75) is 26.7 Å². The molecule has 0 aromatic heterocycles. The molecule has 112 valence electrons. The lowest BCUT2D eigenvalue weighted by molar-refractivity contribution is 0.318. The van der Waals surface area contributed by atoms with E-state index in [9.17, 15) is 0 Å². The van der Waals surface area contributed by atoms with Gasteiger partial charge in [0, 0.05) is 30.1 Å². The topological polar surface area (TPSA) is 47.3 Å². The largest absolute Gasteiger partial charge is 0.493 e. The fraction of sp³-hybridized carbons (Fsp3) is 0.333. The second-order valence-corrected chi connectivity index (χ2v) is 5.24. The van der Waals surface area contributed by atoms with Crippen LogP contribution in [0.4, 0.5) is 11.4 Å². The summed E-state index contributed by atoms with van der Waals surface area (Å²) in [5, 5.41) is 3.42. The number of hydrogen-bond acceptors (Lipinski definition) is 3. The number of ether oxygens (including phenoxy) is 1. The Morgan fingerprint density at radius 2 is 1.95 bits per heavy atom. The average molecular weight is 284 g/mol. The maximum Gasteiger partial charge on any atom is 0.123 e. The smallest absolute Gasteiger partial charge is 0.123 e. The molecule has 0 aliphatic rings. The summed E-state index contributed by atoms with van der Waals surface area (Å²) in [5.41, 5.74) is 10.4. The molecule has 0 unspecified atom stereocenters. The number of rotatable bonds is 7. The first kappa shape index (κ1) is 15.2. The monoisotopic (exact) mass is 284 g/mol. The zero-order chi connectivity index (χ0) is 15.1. The predicted octanol–water partition coefficient (Wildman–Crippen LogP) is 4.02. The van der Waals surface area contributed by atoms with Gasteiger partial charge in [-0.1, -0.05) is 31.2 Å². The first-order valence-electron chi connectivity index (χ1n) is 7.51. The second kappa shape index (κ2) is 7.58. The number of aryl methyl sites for hydroxylation is 1. The number of nitrogens with one attached hydrogen (secondary N) is 1. The Balaban J connectivity index is 1.93. The van der Waals surface area contributed by atoms with Crippen molar-refractivity contribution < 1.29 is 4.74 Å². The average Bonchev–Trinajstić information content (AvgIpc) is 2.47. The maximum absolute atomic E-state index is 5.92. The van der Waals surface area contributed by atoms with E-state index >= 15 is 0 Å². The van der Waals surface area contributed by atoms with Crippen molar-refractivity contribution in [2.24, 2.45) is 0 Å². The fourth-order valence-electron chi connectivity index (χ4n) is 2.26. The van der Waals surface area contributed by atoms with Crippen LogP contribution in [0.2, 0.25) is 0 Å². The normalized spacial score (nSPS) is 10.4. The van der Waals surface area contributed by atoms with Crippen molar-refractivity contribution in [1.29, 1.82) is 0 Å². The van der Waals surface area contributed by atoms with Gasteiger partial charge in [0.15, 0.2) is 0 Å². The van der Waals surface area contributed by atoms with Crippen molar-refractivity contribution in [3.05, 3.63) is 53.6 Å². The first-order valence-corrected chi connectivity index (χ1v) is 7.51. The Morgan fingerprint density at radius 3 is 2.71 bits per heavy atom. The SMILES string of the molecule is CCCOc1cc(N)cc(NCCc2ccccc2C)c1. The molecule has 0 saturated carbocycles. The summed E-state index contributed by atoms with van der Waals surface area (Å²) in [7, 11) is 0. The highest BCUT2D eigenvalue weighted by Crippen LogP contribution is 2.22. The van der Waals surface area contributed by atoms with Gasteiger partial charge in [0.2, 0.25) is 0 Å². The third kappa shape index (κ3) is 4.71. The number of nitrogens with two attached hydrogens (primary N) is 1. The van der Waals surface area contributed by atoms with E-state index in [2.05, 4.69) is 43.4 Å². The summed E-state index contributed by atoms with van der Waals surface area (Å²) in [6.45, 7) is 5.83. The van der Waals surface area contributed by atoms with Crippen LogP contribution < -0.4 is 15.8 Å². The molecule has 3 heteroatoms. The third-order valence-corrected chi connectivity index (χ3v) is 3.39. The van der Waals surface area contributed by atoms with Gasteiger partial charge in [0.05, 0.1) is 6.61 Å². The van der Waals surface area contributed by atoms with Gasteiger partial charge in [0.1, 0.15) is 5.75 Å². The molecule has 0 saturated heterocycles. The molecular weight excluding hydrogens is 260 g/mol. The number of hydrogen-bond donors (Lipinski definition) is 2. The summed E-state index contributed by atoms with van der Waals surface area (Å²) in [6.07, 6.45) is 1.98. The van der Waals surface area contributed by atoms with Crippen molar-refractivity contribution in [1.82, 2.24) is 0 Å². The minimum atomic E-state index is 0.714. The van der Waals surface area contributed by atoms with Crippen LogP contribution in [0.3, 0.4) is 0 Å². The first-order chi connectivity index (χ1) is 10.2. The van der Waals surface area contributed by atoms with Gasteiger partial charge in [-0.15, -0.1) is 0 Å². The zero-order valence-electron chi connectivity index (χ0n) is 12.9. The highest BCUT2D eigenvalue weighted by Gasteiger charge is 2.01. The van der Waals surface area contributed by atoms with Crippen LogP contribution in [0.25, 0.3) is 0 Å². The van der Waals surface area contributed by atoms with E-state index in [4.69, 9.17) is 10.5 Å². The van der Waals surface area contributed by atoms with Crippen LogP contribution >= 0.6 is 0 Å². The summed E-state index contributed by atoms with van der Waals surface area (Å²) >= 11 is 0. The third-order valence-electron chi connectivity index (χ3n) is 3.39. The molecule has 0 aliphatic heterocycles. The van der Waals surface area contributed by atoms with E-state index in [1.165, 1.54) is 11.1 Å². The molecule has 2 aromatic rings. The van der Waals surface area contributed by atoms with Crippen molar-refractivity contribution in [3.8, 4) is 5.75 Å². The molecule has 0 radical (unpaired) electrons. The highest BCUT2D eigenvalue weighted by atomic mass is 16.5. The van der Waals surface area contributed by atoms with Gasteiger partial charge >= 0.3 is 0 Å². The molecule has 3 N–H and O–H groups in total. The molecule has 0 heterocycles. The maximum atomic E-state index is 5.92. The van der Waals surface area contributed by atoms with Gasteiger partial charge in [-0.3, -0.25) is 0 Å². The van der Waals surface area contributed by atoms with Crippen LogP contribution in [0, 0.1) is 6.92 Å². The van der Waals surface area contributed by atoms with Crippen molar-refractivity contribution >= 4 is 11.4 Å². The number of benzene rings is 2. The summed E-state index contributed by atoms with van der Waals surface area (Å²) in [6, 6.07) is 14.3. The molecule has 0 fully saturated rings. The fourth-order valence-corrected chi connectivity index (χ4v) is 2.26. The van der Waals surface area contributed by atoms with E-state index < -0.39 is 0 Å². The summed E-state index contributed by atoms with van der Waals surface area (Å²) in [4.78, 5) is 0. The van der Waals surface area contributed by atoms with Gasteiger partial charge in [-0.2, -0.15) is 0 Å². The van der Waals surface area contributed by atoms with E-state index in [1.807, 2.05) is 18.2 Å². The van der Waals surface area contributed by atoms with E-state index in [-0.39, 0.29) is 0 Å². The standard InChI is InChI=1S/C18H24N2O/c1-3-10-21-18-12-16(19)11-17(13-18)20-9-8-15-7-5-4-6-14(15)2/h4-7,11-13,20H,3,8-10,19H2,1-2H3. The Hall–Kier alpha value is -2.16. The van der Waals surface area contributed by atoms with Crippen LogP contribution in [0.1, 0.15) is 24.5 Å². The molecule has 0 atom stereocenters. The molecule has 3 nitrogen and oxygen atoms in total. The Labute approximate surface area is 127 Å². The molecule has 21 heavy (non-hydrogen) atoms. The lowest BCUT2D eigenvalue weighted by atomic mass is 10.1. The highest BCUT2D eigenvalue weighted by molar-refractivity contribution is 5.59. The molecule has 0 aliphatic carbocycles. The van der Waals surface area contributed by atoms with Gasteiger partial charge in [-0.25, -0.2) is 0 Å². The van der Waals surface area contributed by atoms with Gasteiger partial charge in [-0.05, 0) is 37.0 Å². The minimum absolute atomic E-state index is 0.714. The zero-order valence-corrected chi connectivity index (χ0v) is 12.9. The predicted molar refractivity (Wildman–Crippen MR) is 90.0 cm³/mol.